The molecule has 1 N–H and O–H groups in total. The summed E-state index contributed by atoms with van der Waals surface area (Å²) in [7, 11) is 0. The van der Waals surface area contributed by atoms with Gasteiger partial charge in [0, 0.05) is 24.4 Å². The molecule has 3 atom stereocenters. The van der Waals surface area contributed by atoms with Crippen LogP contribution in [-0.2, 0) is 9.59 Å². The number of nitrogens with one attached hydrogen (secondary N) is 1. The van der Waals surface area contributed by atoms with E-state index < -0.39 is 6.04 Å². The van der Waals surface area contributed by atoms with Crippen LogP contribution in [0.5, 0.6) is 0 Å². The number of benzene rings is 1. The van der Waals surface area contributed by atoms with E-state index in [0.29, 0.717) is 31.3 Å². The van der Waals surface area contributed by atoms with Gasteiger partial charge in [-0.05, 0) is 35.3 Å². The van der Waals surface area contributed by atoms with Crippen molar-refractivity contribution < 1.29 is 9.59 Å². The number of carbonyl (C=O) groups is 2. The van der Waals surface area contributed by atoms with Crippen molar-refractivity contribution in [1.29, 1.82) is 0 Å². The molecule has 4 nitrogen and oxygen atoms in total. The van der Waals surface area contributed by atoms with Gasteiger partial charge in [0.1, 0.15) is 6.04 Å². The van der Waals surface area contributed by atoms with E-state index in [1.807, 2.05) is 35.7 Å². The van der Waals surface area contributed by atoms with Crippen LogP contribution in [0.1, 0.15) is 35.2 Å². The molecule has 1 aromatic heterocycles. The van der Waals surface area contributed by atoms with Gasteiger partial charge in [-0.3, -0.25) is 9.59 Å². The monoisotopic (exact) mass is 340 g/mol. The van der Waals surface area contributed by atoms with E-state index in [9.17, 15) is 9.59 Å². The number of amides is 2. The maximum Gasteiger partial charge on any atom is 0.248 e. The SMILES string of the molecule is O=C1NCCN(C(=O)C[C@@H]2C[C@H]2c2ccccc2)C1c1cccs1. The van der Waals surface area contributed by atoms with Crippen LogP contribution in [0.4, 0.5) is 0 Å². The summed E-state index contributed by atoms with van der Waals surface area (Å²) < 4.78 is 0. The lowest BCUT2D eigenvalue weighted by atomic mass is 10.1. The molecule has 0 spiro atoms. The molecule has 5 heteroatoms. The summed E-state index contributed by atoms with van der Waals surface area (Å²) in [6.07, 6.45) is 1.61. The fourth-order valence-corrected chi connectivity index (χ4v) is 4.42. The largest absolute Gasteiger partial charge is 0.352 e. The predicted molar refractivity (Wildman–Crippen MR) is 93.7 cm³/mol. The van der Waals surface area contributed by atoms with Gasteiger partial charge in [-0.2, -0.15) is 0 Å². The van der Waals surface area contributed by atoms with Crippen molar-refractivity contribution in [2.45, 2.75) is 24.8 Å². The summed E-state index contributed by atoms with van der Waals surface area (Å²) in [5.74, 6) is 0.946. The van der Waals surface area contributed by atoms with Gasteiger partial charge in [0.25, 0.3) is 0 Å². The summed E-state index contributed by atoms with van der Waals surface area (Å²) >= 11 is 1.53. The number of carbonyl (C=O) groups excluding carboxylic acids is 2. The zero-order valence-corrected chi connectivity index (χ0v) is 14.2. The fourth-order valence-electron chi connectivity index (χ4n) is 3.59. The van der Waals surface area contributed by atoms with Crippen molar-refractivity contribution in [3.8, 4) is 0 Å². The molecule has 124 valence electrons. The summed E-state index contributed by atoms with van der Waals surface area (Å²) in [4.78, 5) is 27.8. The Labute approximate surface area is 145 Å². The lowest BCUT2D eigenvalue weighted by Gasteiger charge is -2.34. The van der Waals surface area contributed by atoms with Gasteiger partial charge < -0.3 is 10.2 Å². The smallest absolute Gasteiger partial charge is 0.248 e. The first kappa shape index (κ1) is 15.4. The molecule has 4 rings (SSSR count). The number of piperazine rings is 1. The number of hydrogen-bond acceptors (Lipinski definition) is 3. The molecule has 0 radical (unpaired) electrons. The number of nitrogens with zero attached hydrogens (tertiary/aromatic N) is 1. The Balaban J connectivity index is 1.45. The lowest BCUT2D eigenvalue weighted by molar-refractivity contribution is -0.143. The molecule has 1 aromatic carbocycles. The van der Waals surface area contributed by atoms with E-state index in [-0.39, 0.29) is 11.8 Å². The Morgan fingerprint density at radius 3 is 2.79 bits per heavy atom. The lowest BCUT2D eigenvalue weighted by Crippen LogP contribution is -2.52. The van der Waals surface area contributed by atoms with E-state index in [2.05, 4.69) is 17.4 Å². The quantitative estimate of drug-likeness (QED) is 0.930. The molecule has 1 saturated heterocycles. The van der Waals surface area contributed by atoms with Gasteiger partial charge in [-0.15, -0.1) is 11.3 Å². The second kappa shape index (κ2) is 6.40. The number of thiophene rings is 1. The van der Waals surface area contributed by atoms with Crippen molar-refractivity contribution in [3.05, 3.63) is 58.3 Å². The molecule has 2 aliphatic rings. The molecular formula is C19H20N2O2S. The highest BCUT2D eigenvalue weighted by Crippen LogP contribution is 2.50. The Morgan fingerprint density at radius 1 is 1.21 bits per heavy atom. The third-order valence-electron chi connectivity index (χ3n) is 4.93. The highest BCUT2D eigenvalue weighted by atomic mass is 32.1. The van der Waals surface area contributed by atoms with Crippen LogP contribution in [0.25, 0.3) is 0 Å². The van der Waals surface area contributed by atoms with Crippen LogP contribution in [0, 0.1) is 5.92 Å². The predicted octanol–water partition coefficient (Wildman–Crippen LogP) is 2.94. The van der Waals surface area contributed by atoms with Gasteiger partial charge in [0.2, 0.25) is 11.8 Å². The van der Waals surface area contributed by atoms with E-state index in [0.717, 1.165) is 11.3 Å². The van der Waals surface area contributed by atoms with Crippen molar-refractivity contribution in [2.24, 2.45) is 5.92 Å². The summed E-state index contributed by atoms with van der Waals surface area (Å²) in [6.45, 7) is 1.13. The second-order valence-corrected chi connectivity index (χ2v) is 7.49. The molecule has 0 bridgehead atoms. The maximum absolute atomic E-state index is 12.8. The van der Waals surface area contributed by atoms with Crippen LogP contribution < -0.4 is 5.32 Å². The highest BCUT2D eigenvalue weighted by Gasteiger charge is 2.42. The van der Waals surface area contributed by atoms with Crippen molar-refractivity contribution in [1.82, 2.24) is 10.2 Å². The van der Waals surface area contributed by atoms with Gasteiger partial charge in [0.05, 0.1) is 0 Å². The van der Waals surface area contributed by atoms with Crippen LogP contribution in [0.3, 0.4) is 0 Å². The standard InChI is InChI=1S/C19H20N2O2S/c22-17(12-14-11-15(14)13-5-2-1-3-6-13)21-9-8-20-19(23)18(21)16-7-4-10-24-16/h1-7,10,14-15,18H,8-9,11-12H2,(H,20,23)/t14-,15-,18?/m0/s1. The van der Waals surface area contributed by atoms with Gasteiger partial charge in [0.15, 0.2) is 0 Å². The minimum atomic E-state index is -0.458. The van der Waals surface area contributed by atoms with Crippen molar-refractivity contribution in [2.75, 3.05) is 13.1 Å². The molecule has 1 saturated carbocycles. The molecule has 2 heterocycles. The van der Waals surface area contributed by atoms with E-state index in [4.69, 9.17) is 0 Å². The molecule has 2 amide bonds. The zero-order valence-electron chi connectivity index (χ0n) is 13.4. The average molecular weight is 340 g/mol. The first-order chi connectivity index (χ1) is 11.7. The fraction of sp³-hybridized carbons (Fsp3) is 0.368. The van der Waals surface area contributed by atoms with Crippen LogP contribution in [-0.4, -0.2) is 29.8 Å². The first-order valence-electron chi connectivity index (χ1n) is 8.39. The first-order valence-corrected chi connectivity index (χ1v) is 9.27. The van der Waals surface area contributed by atoms with E-state index >= 15 is 0 Å². The summed E-state index contributed by atoms with van der Waals surface area (Å²) in [6, 6.07) is 13.8. The summed E-state index contributed by atoms with van der Waals surface area (Å²) in [5.41, 5.74) is 1.32. The van der Waals surface area contributed by atoms with Gasteiger partial charge in [-0.1, -0.05) is 36.4 Å². The maximum atomic E-state index is 12.8. The topological polar surface area (TPSA) is 49.4 Å². The molecule has 1 unspecified atom stereocenters. The Morgan fingerprint density at radius 2 is 2.04 bits per heavy atom. The average Bonchev–Trinajstić information content (AvgIpc) is 3.15. The van der Waals surface area contributed by atoms with Crippen LogP contribution in [0.15, 0.2) is 47.8 Å². The Hall–Kier alpha value is -2.14. The summed E-state index contributed by atoms with van der Waals surface area (Å²) in [5, 5.41) is 4.83. The minimum Gasteiger partial charge on any atom is -0.352 e. The minimum absolute atomic E-state index is 0.0625. The van der Waals surface area contributed by atoms with E-state index in [1.165, 1.54) is 16.9 Å². The third kappa shape index (κ3) is 2.96. The van der Waals surface area contributed by atoms with Gasteiger partial charge >= 0.3 is 0 Å². The van der Waals surface area contributed by atoms with Crippen molar-refractivity contribution in [3.63, 3.8) is 0 Å². The third-order valence-corrected chi connectivity index (χ3v) is 5.86. The Bertz CT molecular complexity index is 729. The number of hydrogen-bond donors (Lipinski definition) is 1. The van der Waals surface area contributed by atoms with E-state index in [1.54, 1.807) is 4.90 Å². The van der Waals surface area contributed by atoms with Crippen LogP contribution >= 0.6 is 11.3 Å². The number of rotatable bonds is 4. The zero-order chi connectivity index (χ0) is 16.5. The molecule has 1 aliphatic carbocycles. The molecule has 24 heavy (non-hydrogen) atoms. The molecule has 1 aliphatic heterocycles. The van der Waals surface area contributed by atoms with Crippen molar-refractivity contribution >= 4 is 23.2 Å². The highest BCUT2D eigenvalue weighted by molar-refractivity contribution is 7.10. The molecule has 2 aromatic rings. The molecule has 2 fully saturated rings. The van der Waals surface area contributed by atoms with Gasteiger partial charge in [-0.25, -0.2) is 0 Å². The molecular weight excluding hydrogens is 320 g/mol. The van der Waals surface area contributed by atoms with Crippen LogP contribution in [0.2, 0.25) is 0 Å². The Kier molecular flexibility index (Phi) is 4.10. The second-order valence-electron chi connectivity index (χ2n) is 6.51. The normalized spacial score (nSPS) is 26.1.